The molecule has 3 heteroatoms. The van der Waals surface area contributed by atoms with E-state index >= 15 is 0 Å². The van der Waals surface area contributed by atoms with Crippen molar-refractivity contribution in [2.24, 2.45) is 0 Å². The second-order valence-electron chi connectivity index (χ2n) is 4.54. The van der Waals surface area contributed by atoms with Gasteiger partial charge in [0.25, 0.3) is 0 Å². The van der Waals surface area contributed by atoms with Gasteiger partial charge in [-0.3, -0.25) is 0 Å². The van der Waals surface area contributed by atoms with Gasteiger partial charge in [-0.15, -0.1) is 0 Å². The fourth-order valence-electron chi connectivity index (χ4n) is 1.94. The number of furan rings is 1. The summed E-state index contributed by atoms with van der Waals surface area (Å²) < 4.78 is 5.69. The molecule has 0 saturated heterocycles. The zero-order valence-electron chi connectivity index (χ0n) is 9.07. The third kappa shape index (κ3) is 1.72. The van der Waals surface area contributed by atoms with E-state index in [2.05, 4.69) is 11.4 Å². The Hall–Kier alpha value is -1.32. The van der Waals surface area contributed by atoms with Crippen LogP contribution in [-0.2, 0) is 6.54 Å². The molecule has 1 heterocycles. The van der Waals surface area contributed by atoms with Gasteiger partial charge in [0.1, 0.15) is 11.3 Å². The van der Waals surface area contributed by atoms with E-state index in [4.69, 9.17) is 4.42 Å². The van der Waals surface area contributed by atoms with Crippen LogP contribution in [0.25, 0.3) is 11.0 Å². The average Bonchev–Trinajstić information content (AvgIpc) is 2.98. The van der Waals surface area contributed by atoms with Gasteiger partial charge in [0, 0.05) is 10.9 Å². The Bertz CT molecular complexity index is 466. The van der Waals surface area contributed by atoms with Crippen LogP contribution < -0.4 is 5.32 Å². The summed E-state index contributed by atoms with van der Waals surface area (Å²) in [5, 5.41) is 13.7. The summed E-state index contributed by atoms with van der Waals surface area (Å²) in [5.74, 6) is 0.931. The smallest absolute Gasteiger partial charge is 0.134 e. The minimum atomic E-state index is -0.0288. The van der Waals surface area contributed by atoms with Crippen molar-refractivity contribution in [3.8, 4) is 0 Å². The fourth-order valence-corrected chi connectivity index (χ4v) is 1.94. The first kappa shape index (κ1) is 9.87. The predicted molar refractivity (Wildman–Crippen MR) is 62.1 cm³/mol. The van der Waals surface area contributed by atoms with Gasteiger partial charge >= 0.3 is 0 Å². The lowest BCUT2D eigenvalue weighted by Crippen LogP contribution is -2.33. The maximum Gasteiger partial charge on any atom is 0.134 e. The van der Waals surface area contributed by atoms with E-state index in [1.165, 1.54) is 0 Å². The van der Waals surface area contributed by atoms with Crippen LogP contribution in [0.4, 0.5) is 0 Å². The maximum absolute atomic E-state index is 9.18. The molecule has 3 nitrogen and oxygen atoms in total. The van der Waals surface area contributed by atoms with Crippen LogP contribution in [0.1, 0.15) is 18.6 Å². The Kier molecular flexibility index (Phi) is 2.23. The second kappa shape index (κ2) is 3.61. The molecule has 0 aliphatic heterocycles. The third-order valence-corrected chi connectivity index (χ3v) is 3.27. The number of hydrogen-bond donors (Lipinski definition) is 2. The van der Waals surface area contributed by atoms with E-state index in [0.29, 0.717) is 6.54 Å². The molecule has 1 saturated carbocycles. The monoisotopic (exact) mass is 217 g/mol. The molecule has 0 amide bonds. The molecule has 1 aliphatic carbocycles. The molecule has 2 aromatic rings. The maximum atomic E-state index is 9.18. The molecule has 2 N–H and O–H groups in total. The van der Waals surface area contributed by atoms with E-state index in [0.717, 1.165) is 29.6 Å². The Morgan fingerprint density at radius 2 is 2.12 bits per heavy atom. The number of hydrogen-bond acceptors (Lipinski definition) is 3. The molecule has 1 aromatic carbocycles. The molecule has 1 fully saturated rings. The largest absolute Gasteiger partial charge is 0.460 e. The van der Waals surface area contributed by atoms with E-state index < -0.39 is 0 Å². The SMILES string of the molecule is OCC1(NCc2cc3ccccc3o2)CC1. The van der Waals surface area contributed by atoms with Crippen molar-refractivity contribution in [1.29, 1.82) is 0 Å². The molecule has 3 rings (SSSR count). The van der Waals surface area contributed by atoms with Crippen molar-refractivity contribution >= 4 is 11.0 Å². The van der Waals surface area contributed by atoms with Gasteiger partial charge in [-0.1, -0.05) is 18.2 Å². The van der Waals surface area contributed by atoms with Crippen molar-refractivity contribution in [2.75, 3.05) is 6.61 Å². The van der Waals surface area contributed by atoms with E-state index in [1.807, 2.05) is 24.3 Å². The van der Waals surface area contributed by atoms with E-state index in [1.54, 1.807) is 0 Å². The highest BCUT2D eigenvalue weighted by Crippen LogP contribution is 2.35. The summed E-state index contributed by atoms with van der Waals surface area (Å²) in [6, 6.07) is 10.0. The number of para-hydroxylation sites is 1. The summed E-state index contributed by atoms with van der Waals surface area (Å²) in [5.41, 5.74) is 0.895. The van der Waals surface area contributed by atoms with Crippen molar-refractivity contribution in [1.82, 2.24) is 5.32 Å². The van der Waals surface area contributed by atoms with Crippen LogP contribution in [0.5, 0.6) is 0 Å². The molecule has 84 valence electrons. The molecule has 1 aromatic heterocycles. The first-order valence-electron chi connectivity index (χ1n) is 5.65. The number of benzene rings is 1. The lowest BCUT2D eigenvalue weighted by atomic mass is 10.2. The standard InChI is InChI=1S/C13H15NO2/c15-9-13(5-6-13)14-8-11-7-10-3-1-2-4-12(10)16-11/h1-4,7,14-15H,5-6,8-9H2. The minimum Gasteiger partial charge on any atom is -0.460 e. The van der Waals surface area contributed by atoms with Crippen LogP contribution in [-0.4, -0.2) is 17.3 Å². The first-order valence-corrected chi connectivity index (χ1v) is 5.65. The first-order chi connectivity index (χ1) is 7.81. The molecule has 1 aliphatic rings. The van der Waals surface area contributed by atoms with Gasteiger partial charge in [0.05, 0.1) is 13.2 Å². The quantitative estimate of drug-likeness (QED) is 0.823. The lowest BCUT2D eigenvalue weighted by molar-refractivity contribution is 0.227. The molecule has 16 heavy (non-hydrogen) atoms. The number of aliphatic hydroxyl groups is 1. The highest BCUT2D eigenvalue weighted by atomic mass is 16.3. The van der Waals surface area contributed by atoms with Gasteiger partial charge in [0.2, 0.25) is 0 Å². The summed E-state index contributed by atoms with van der Waals surface area (Å²) in [7, 11) is 0. The van der Waals surface area contributed by atoms with Gasteiger partial charge < -0.3 is 14.8 Å². The summed E-state index contributed by atoms with van der Waals surface area (Å²) >= 11 is 0. The summed E-state index contributed by atoms with van der Waals surface area (Å²) in [6.07, 6.45) is 2.12. The fraction of sp³-hybridized carbons (Fsp3) is 0.385. The van der Waals surface area contributed by atoms with Crippen LogP contribution in [0.3, 0.4) is 0 Å². The lowest BCUT2D eigenvalue weighted by Gasteiger charge is -2.12. The Morgan fingerprint density at radius 1 is 1.31 bits per heavy atom. The van der Waals surface area contributed by atoms with Gasteiger partial charge in [-0.25, -0.2) is 0 Å². The van der Waals surface area contributed by atoms with Gasteiger partial charge in [-0.05, 0) is 25.0 Å². The Balaban J connectivity index is 1.74. The number of fused-ring (bicyclic) bond motifs is 1. The van der Waals surface area contributed by atoms with Crippen molar-refractivity contribution < 1.29 is 9.52 Å². The van der Waals surface area contributed by atoms with E-state index in [9.17, 15) is 5.11 Å². The highest BCUT2D eigenvalue weighted by molar-refractivity contribution is 5.77. The van der Waals surface area contributed by atoms with Crippen LogP contribution in [0.15, 0.2) is 34.7 Å². The molecule has 0 atom stereocenters. The van der Waals surface area contributed by atoms with Gasteiger partial charge in [0.15, 0.2) is 0 Å². The van der Waals surface area contributed by atoms with Crippen molar-refractivity contribution in [2.45, 2.75) is 24.9 Å². The molecular weight excluding hydrogens is 202 g/mol. The third-order valence-electron chi connectivity index (χ3n) is 3.27. The molecular formula is C13H15NO2. The molecule has 0 unspecified atom stereocenters. The minimum absolute atomic E-state index is 0.0288. The van der Waals surface area contributed by atoms with Crippen LogP contribution in [0.2, 0.25) is 0 Å². The summed E-state index contributed by atoms with van der Waals surface area (Å²) in [4.78, 5) is 0. The Morgan fingerprint density at radius 3 is 2.81 bits per heavy atom. The van der Waals surface area contributed by atoms with Crippen LogP contribution >= 0.6 is 0 Å². The highest BCUT2D eigenvalue weighted by Gasteiger charge is 2.41. The molecule has 0 spiro atoms. The van der Waals surface area contributed by atoms with Crippen molar-refractivity contribution in [3.63, 3.8) is 0 Å². The summed E-state index contributed by atoms with van der Waals surface area (Å²) in [6.45, 7) is 0.905. The van der Waals surface area contributed by atoms with E-state index in [-0.39, 0.29) is 12.1 Å². The number of aliphatic hydroxyl groups excluding tert-OH is 1. The zero-order chi connectivity index (χ0) is 11.0. The normalized spacial score (nSPS) is 17.8. The van der Waals surface area contributed by atoms with Crippen molar-refractivity contribution in [3.05, 3.63) is 36.1 Å². The molecule has 0 radical (unpaired) electrons. The van der Waals surface area contributed by atoms with Gasteiger partial charge in [-0.2, -0.15) is 0 Å². The number of rotatable bonds is 4. The molecule has 0 bridgehead atoms. The van der Waals surface area contributed by atoms with Crippen LogP contribution in [0, 0.1) is 0 Å². The zero-order valence-corrected chi connectivity index (χ0v) is 9.07. The topological polar surface area (TPSA) is 45.4 Å². The average molecular weight is 217 g/mol. The number of nitrogens with one attached hydrogen (secondary N) is 1. The Labute approximate surface area is 94.1 Å². The predicted octanol–water partition coefficient (Wildman–Crippen LogP) is 2.05. The second-order valence-corrected chi connectivity index (χ2v) is 4.54.